The molecule has 0 radical (unpaired) electrons. The van der Waals surface area contributed by atoms with Gasteiger partial charge in [0, 0.05) is 4.47 Å². The molecule has 2 N–H and O–H groups in total. The number of halogens is 1. The van der Waals surface area contributed by atoms with E-state index in [0.29, 0.717) is 0 Å². The predicted octanol–water partition coefficient (Wildman–Crippen LogP) is 0.437. The Kier molecular flexibility index (Phi) is 3.14. The van der Waals surface area contributed by atoms with E-state index in [1.54, 1.807) is 12.1 Å². The molecule has 0 fully saturated rings. The van der Waals surface area contributed by atoms with Crippen LogP contribution in [-0.2, 0) is 4.79 Å². The number of carbonyl (C=O) groups excluding carboxylic acids is 2. The number of rotatable bonds is 2. The number of benzene rings is 1. The zero-order chi connectivity index (χ0) is 12.4. The molecular formula is C11H8BrN2O3-. The zero-order valence-corrected chi connectivity index (χ0v) is 10.2. The van der Waals surface area contributed by atoms with Crippen molar-refractivity contribution in [3.63, 3.8) is 0 Å². The van der Waals surface area contributed by atoms with Gasteiger partial charge in [0.25, 0.3) is 0 Å². The van der Waals surface area contributed by atoms with Gasteiger partial charge in [-0.3, -0.25) is 0 Å². The minimum Gasteiger partial charge on any atom is -0.543 e. The standard InChI is InChI=1S/C11H9BrN2O3/c12-7-3-1-6(2-4-7)8-5-9(10(15)16)14-11(17)13-8/h1-5,8H,(H,15,16)(H2,13,14,17)/p-1/t8-/m1/s1. The number of carbonyl (C=O) groups is 2. The largest absolute Gasteiger partial charge is 0.543 e. The monoisotopic (exact) mass is 295 g/mol. The molecule has 0 aromatic heterocycles. The predicted molar refractivity (Wildman–Crippen MR) is 61.6 cm³/mol. The third-order valence-electron chi connectivity index (χ3n) is 2.32. The first kappa shape index (κ1) is 11.7. The first-order valence-electron chi connectivity index (χ1n) is 4.82. The van der Waals surface area contributed by atoms with Crippen LogP contribution in [-0.4, -0.2) is 12.0 Å². The number of hydrogen-bond acceptors (Lipinski definition) is 3. The summed E-state index contributed by atoms with van der Waals surface area (Å²) in [5.74, 6) is -1.40. The first-order chi connectivity index (χ1) is 8.06. The Morgan fingerprint density at radius 2 is 1.94 bits per heavy atom. The summed E-state index contributed by atoms with van der Waals surface area (Å²) in [6.07, 6.45) is 1.40. The first-order valence-corrected chi connectivity index (χ1v) is 5.62. The SMILES string of the molecule is O=C1NC(C(=O)[O-])=C[C@H](c2ccc(Br)cc2)N1. The van der Waals surface area contributed by atoms with Crippen LogP contribution in [0.2, 0.25) is 0 Å². The summed E-state index contributed by atoms with van der Waals surface area (Å²) in [5, 5.41) is 15.5. The summed E-state index contributed by atoms with van der Waals surface area (Å²) in [4.78, 5) is 22.0. The van der Waals surface area contributed by atoms with Crippen LogP contribution in [0, 0.1) is 0 Å². The number of urea groups is 1. The second-order valence-corrected chi connectivity index (χ2v) is 4.41. The normalized spacial score (nSPS) is 19.0. The van der Waals surface area contributed by atoms with Crippen molar-refractivity contribution in [1.29, 1.82) is 0 Å². The van der Waals surface area contributed by atoms with E-state index < -0.39 is 18.0 Å². The summed E-state index contributed by atoms with van der Waals surface area (Å²) >= 11 is 3.30. The number of hydrogen-bond donors (Lipinski definition) is 2. The van der Waals surface area contributed by atoms with Crippen molar-refractivity contribution in [3.05, 3.63) is 46.1 Å². The summed E-state index contributed by atoms with van der Waals surface area (Å²) in [5.41, 5.74) is 0.573. The lowest BCUT2D eigenvalue weighted by Gasteiger charge is -2.24. The molecule has 2 rings (SSSR count). The third kappa shape index (κ3) is 2.65. The molecule has 1 aromatic rings. The molecule has 1 heterocycles. The van der Waals surface area contributed by atoms with Crippen LogP contribution in [0.3, 0.4) is 0 Å². The van der Waals surface area contributed by atoms with E-state index in [0.717, 1.165) is 10.0 Å². The molecule has 0 spiro atoms. The van der Waals surface area contributed by atoms with E-state index in [1.165, 1.54) is 6.08 Å². The molecule has 17 heavy (non-hydrogen) atoms. The van der Waals surface area contributed by atoms with Crippen LogP contribution < -0.4 is 15.7 Å². The Hall–Kier alpha value is -1.82. The smallest absolute Gasteiger partial charge is 0.320 e. The molecule has 0 saturated heterocycles. The van der Waals surface area contributed by atoms with Crippen LogP contribution in [0.1, 0.15) is 11.6 Å². The average Bonchev–Trinajstić information content (AvgIpc) is 2.29. The molecule has 5 nitrogen and oxygen atoms in total. The van der Waals surface area contributed by atoms with Gasteiger partial charge < -0.3 is 20.5 Å². The Bertz CT molecular complexity index is 496. The molecule has 0 unspecified atom stereocenters. The van der Waals surface area contributed by atoms with Crippen molar-refractivity contribution in [3.8, 4) is 0 Å². The molecular weight excluding hydrogens is 288 g/mol. The van der Waals surface area contributed by atoms with Crippen LogP contribution in [0.25, 0.3) is 0 Å². The molecule has 1 aliphatic heterocycles. The quantitative estimate of drug-likeness (QED) is 0.830. The summed E-state index contributed by atoms with van der Waals surface area (Å²) in [6, 6.07) is 6.20. The van der Waals surface area contributed by atoms with Gasteiger partial charge >= 0.3 is 6.03 Å². The molecule has 1 atom stereocenters. The van der Waals surface area contributed by atoms with Crippen LogP contribution in [0.4, 0.5) is 4.79 Å². The fraction of sp³-hybridized carbons (Fsp3) is 0.0909. The highest BCUT2D eigenvalue weighted by atomic mass is 79.9. The summed E-state index contributed by atoms with van der Waals surface area (Å²) < 4.78 is 0.908. The third-order valence-corrected chi connectivity index (χ3v) is 2.85. The second-order valence-electron chi connectivity index (χ2n) is 3.50. The minimum absolute atomic E-state index is 0.221. The minimum atomic E-state index is -1.40. The lowest BCUT2D eigenvalue weighted by Crippen LogP contribution is -2.46. The molecule has 1 aliphatic rings. The van der Waals surface area contributed by atoms with Crippen LogP contribution in [0.15, 0.2) is 40.5 Å². The average molecular weight is 296 g/mol. The van der Waals surface area contributed by atoms with Gasteiger partial charge in [-0.1, -0.05) is 28.1 Å². The maximum atomic E-state index is 11.3. The number of amides is 2. The number of aliphatic carboxylic acids is 1. The van der Waals surface area contributed by atoms with E-state index in [9.17, 15) is 14.7 Å². The van der Waals surface area contributed by atoms with Crippen LogP contribution in [0.5, 0.6) is 0 Å². The highest BCUT2D eigenvalue weighted by Gasteiger charge is 2.19. The van der Waals surface area contributed by atoms with E-state index in [-0.39, 0.29) is 5.70 Å². The van der Waals surface area contributed by atoms with E-state index in [4.69, 9.17) is 0 Å². The summed E-state index contributed by atoms with van der Waals surface area (Å²) in [7, 11) is 0. The zero-order valence-electron chi connectivity index (χ0n) is 8.57. The van der Waals surface area contributed by atoms with Gasteiger partial charge in [-0.2, -0.15) is 0 Å². The Balaban J connectivity index is 2.32. The molecule has 2 amide bonds. The van der Waals surface area contributed by atoms with Crippen molar-refractivity contribution >= 4 is 27.9 Å². The van der Waals surface area contributed by atoms with Crippen LogP contribution >= 0.6 is 15.9 Å². The van der Waals surface area contributed by atoms with E-state index in [2.05, 4.69) is 26.6 Å². The van der Waals surface area contributed by atoms with Gasteiger partial charge in [-0.25, -0.2) is 4.79 Å². The Morgan fingerprint density at radius 1 is 1.29 bits per heavy atom. The van der Waals surface area contributed by atoms with Crippen molar-refractivity contribution in [1.82, 2.24) is 10.6 Å². The van der Waals surface area contributed by atoms with Crippen molar-refractivity contribution in [2.75, 3.05) is 0 Å². The second kappa shape index (κ2) is 4.58. The Labute approximate surface area is 106 Å². The molecule has 0 saturated carbocycles. The fourth-order valence-electron chi connectivity index (χ4n) is 1.52. The maximum Gasteiger partial charge on any atom is 0.320 e. The number of nitrogens with one attached hydrogen (secondary N) is 2. The van der Waals surface area contributed by atoms with Gasteiger partial charge in [-0.05, 0) is 23.8 Å². The lowest BCUT2D eigenvalue weighted by atomic mass is 10.0. The van der Waals surface area contributed by atoms with Gasteiger partial charge in [0.2, 0.25) is 0 Å². The molecule has 1 aromatic carbocycles. The van der Waals surface area contributed by atoms with E-state index in [1.807, 2.05) is 12.1 Å². The van der Waals surface area contributed by atoms with Crippen molar-refractivity contribution in [2.24, 2.45) is 0 Å². The highest BCUT2D eigenvalue weighted by Crippen LogP contribution is 2.20. The molecule has 0 aliphatic carbocycles. The topological polar surface area (TPSA) is 81.3 Å². The van der Waals surface area contributed by atoms with Crippen molar-refractivity contribution in [2.45, 2.75) is 6.04 Å². The lowest BCUT2D eigenvalue weighted by molar-refractivity contribution is -0.299. The van der Waals surface area contributed by atoms with Gasteiger partial charge in [-0.15, -0.1) is 0 Å². The highest BCUT2D eigenvalue weighted by molar-refractivity contribution is 9.10. The van der Waals surface area contributed by atoms with Crippen molar-refractivity contribution < 1.29 is 14.7 Å². The number of carboxylic acids is 1. The number of carboxylic acid groups (broad SMARTS) is 1. The Morgan fingerprint density at radius 3 is 2.53 bits per heavy atom. The van der Waals surface area contributed by atoms with Gasteiger partial charge in [0.15, 0.2) is 0 Å². The van der Waals surface area contributed by atoms with E-state index >= 15 is 0 Å². The molecule has 88 valence electrons. The molecule has 0 bridgehead atoms. The van der Waals surface area contributed by atoms with Gasteiger partial charge in [0.1, 0.15) is 0 Å². The summed E-state index contributed by atoms with van der Waals surface area (Å²) in [6.45, 7) is 0. The fourth-order valence-corrected chi connectivity index (χ4v) is 1.78. The maximum absolute atomic E-state index is 11.3. The molecule has 6 heteroatoms. The van der Waals surface area contributed by atoms with Gasteiger partial charge in [0.05, 0.1) is 17.7 Å².